The first-order chi connectivity index (χ1) is 9.94. The van der Waals surface area contributed by atoms with Crippen LogP contribution in [0.3, 0.4) is 0 Å². The van der Waals surface area contributed by atoms with Crippen molar-refractivity contribution in [3.8, 4) is 0 Å². The summed E-state index contributed by atoms with van der Waals surface area (Å²) in [7, 11) is -2.42. The van der Waals surface area contributed by atoms with Crippen LogP contribution in [-0.4, -0.2) is 25.4 Å². The highest BCUT2D eigenvalue weighted by Gasteiger charge is 2.22. The van der Waals surface area contributed by atoms with Crippen molar-refractivity contribution in [1.29, 1.82) is 0 Å². The topological polar surface area (TPSA) is 114 Å². The lowest BCUT2D eigenvalue weighted by Gasteiger charge is -2.11. The number of anilines is 2. The zero-order valence-electron chi connectivity index (χ0n) is 11.0. The number of nitro groups is 1. The summed E-state index contributed by atoms with van der Waals surface area (Å²) in [5.41, 5.74) is 0.282. The van der Waals surface area contributed by atoms with E-state index in [0.29, 0.717) is 5.69 Å². The molecule has 0 aliphatic rings. The van der Waals surface area contributed by atoms with Gasteiger partial charge < -0.3 is 5.32 Å². The van der Waals surface area contributed by atoms with Gasteiger partial charge in [-0.05, 0) is 18.2 Å². The molecular weight excluding hydrogens is 296 g/mol. The van der Waals surface area contributed by atoms with E-state index in [0.717, 1.165) is 6.07 Å². The number of pyridine rings is 1. The summed E-state index contributed by atoms with van der Waals surface area (Å²) in [5.74, 6) is 0. The van der Waals surface area contributed by atoms with Gasteiger partial charge in [0.1, 0.15) is 4.90 Å². The predicted octanol–water partition coefficient (Wildman–Crippen LogP) is 1.83. The summed E-state index contributed by atoms with van der Waals surface area (Å²) >= 11 is 0. The van der Waals surface area contributed by atoms with E-state index in [1.807, 2.05) is 0 Å². The van der Waals surface area contributed by atoms with Crippen LogP contribution in [0.4, 0.5) is 17.1 Å². The van der Waals surface area contributed by atoms with Crippen LogP contribution in [0, 0.1) is 10.1 Å². The molecule has 0 atom stereocenters. The second-order valence-corrected chi connectivity index (χ2v) is 5.68. The van der Waals surface area contributed by atoms with E-state index >= 15 is 0 Å². The van der Waals surface area contributed by atoms with Gasteiger partial charge in [0.2, 0.25) is 0 Å². The number of rotatable bonds is 5. The van der Waals surface area contributed by atoms with Crippen LogP contribution in [0.2, 0.25) is 0 Å². The molecule has 2 rings (SSSR count). The van der Waals surface area contributed by atoms with E-state index in [-0.39, 0.29) is 16.3 Å². The maximum Gasteiger partial charge on any atom is 0.270 e. The second kappa shape index (κ2) is 5.75. The fourth-order valence-electron chi connectivity index (χ4n) is 1.68. The number of hydrogen-bond donors (Lipinski definition) is 2. The molecular formula is C12H12N4O4S. The van der Waals surface area contributed by atoms with E-state index in [1.165, 1.54) is 43.7 Å². The average Bonchev–Trinajstić information content (AvgIpc) is 2.47. The van der Waals surface area contributed by atoms with Crippen LogP contribution in [0.1, 0.15) is 0 Å². The van der Waals surface area contributed by atoms with Crippen molar-refractivity contribution in [2.45, 2.75) is 4.90 Å². The summed E-state index contributed by atoms with van der Waals surface area (Å²) < 4.78 is 27.1. The third-order valence-corrected chi connectivity index (χ3v) is 4.09. The first-order valence-electron chi connectivity index (χ1n) is 5.83. The molecule has 2 N–H and O–H groups in total. The van der Waals surface area contributed by atoms with Crippen molar-refractivity contribution in [3.05, 3.63) is 52.8 Å². The third kappa shape index (κ3) is 3.26. The zero-order valence-corrected chi connectivity index (χ0v) is 11.8. The van der Waals surface area contributed by atoms with E-state index in [2.05, 4.69) is 15.0 Å². The Morgan fingerprint density at radius 1 is 1.19 bits per heavy atom. The minimum atomic E-state index is -3.96. The number of benzene rings is 1. The van der Waals surface area contributed by atoms with E-state index in [9.17, 15) is 18.5 Å². The molecule has 0 spiro atoms. The van der Waals surface area contributed by atoms with Crippen molar-refractivity contribution in [2.24, 2.45) is 0 Å². The van der Waals surface area contributed by atoms with Gasteiger partial charge in [0.15, 0.2) is 0 Å². The molecule has 110 valence electrons. The summed E-state index contributed by atoms with van der Waals surface area (Å²) in [6.07, 6.45) is 2.87. The average molecular weight is 308 g/mol. The van der Waals surface area contributed by atoms with Gasteiger partial charge >= 0.3 is 0 Å². The quantitative estimate of drug-likeness (QED) is 0.643. The highest BCUT2D eigenvalue weighted by molar-refractivity contribution is 7.92. The van der Waals surface area contributed by atoms with Crippen molar-refractivity contribution >= 4 is 27.1 Å². The number of nitrogens with one attached hydrogen (secondary N) is 2. The van der Waals surface area contributed by atoms with Crippen molar-refractivity contribution < 1.29 is 13.3 Å². The van der Waals surface area contributed by atoms with Crippen molar-refractivity contribution in [2.75, 3.05) is 17.1 Å². The molecule has 0 saturated carbocycles. The van der Waals surface area contributed by atoms with Crippen LogP contribution >= 0.6 is 0 Å². The van der Waals surface area contributed by atoms with Gasteiger partial charge in [0.05, 0.1) is 16.3 Å². The second-order valence-electron chi connectivity index (χ2n) is 4.03. The molecule has 0 bridgehead atoms. The smallest absolute Gasteiger partial charge is 0.270 e. The normalized spacial score (nSPS) is 10.9. The number of aromatic nitrogens is 1. The molecule has 1 heterocycles. The highest BCUT2D eigenvalue weighted by Crippen LogP contribution is 2.27. The molecule has 0 aliphatic carbocycles. The minimum Gasteiger partial charge on any atom is -0.387 e. The van der Waals surface area contributed by atoms with Gasteiger partial charge in [-0.3, -0.25) is 19.8 Å². The number of hydrogen-bond acceptors (Lipinski definition) is 6. The zero-order chi connectivity index (χ0) is 15.5. The molecule has 0 unspecified atom stereocenters. The van der Waals surface area contributed by atoms with Gasteiger partial charge in [-0.2, -0.15) is 0 Å². The Bertz CT molecular complexity index is 762. The lowest BCUT2D eigenvalue weighted by atomic mass is 10.3. The first kappa shape index (κ1) is 14.7. The Balaban J connectivity index is 2.48. The summed E-state index contributed by atoms with van der Waals surface area (Å²) in [6.45, 7) is 0. The summed E-state index contributed by atoms with van der Waals surface area (Å²) in [5, 5.41) is 13.5. The molecule has 0 radical (unpaired) electrons. The first-order valence-corrected chi connectivity index (χ1v) is 7.31. The fourth-order valence-corrected chi connectivity index (χ4v) is 2.98. The van der Waals surface area contributed by atoms with E-state index in [4.69, 9.17) is 0 Å². The van der Waals surface area contributed by atoms with E-state index < -0.39 is 14.9 Å². The largest absolute Gasteiger partial charge is 0.387 e. The monoisotopic (exact) mass is 308 g/mol. The highest BCUT2D eigenvalue weighted by atomic mass is 32.2. The lowest BCUT2D eigenvalue weighted by molar-refractivity contribution is -0.385. The molecule has 1 aromatic carbocycles. The van der Waals surface area contributed by atoms with Crippen LogP contribution in [-0.2, 0) is 10.0 Å². The van der Waals surface area contributed by atoms with E-state index in [1.54, 1.807) is 0 Å². The number of sulfonamides is 1. The summed E-state index contributed by atoms with van der Waals surface area (Å²) in [6, 6.07) is 6.55. The van der Waals surface area contributed by atoms with Crippen LogP contribution < -0.4 is 10.0 Å². The predicted molar refractivity (Wildman–Crippen MR) is 77.7 cm³/mol. The number of non-ortho nitro benzene ring substituents is 1. The Kier molecular flexibility index (Phi) is 4.03. The molecule has 8 nitrogen and oxygen atoms in total. The Morgan fingerprint density at radius 2 is 1.86 bits per heavy atom. The number of nitro benzene ring substituents is 1. The number of nitrogens with zero attached hydrogens (tertiary/aromatic N) is 2. The fraction of sp³-hybridized carbons (Fsp3) is 0.0833. The van der Waals surface area contributed by atoms with Crippen LogP contribution in [0.15, 0.2) is 47.6 Å². The van der Waals surface area contributed by atoms with Gasteiger partial charge in [-0.15, -0.1) is 0 Å². The molecule has 9 heteroatoms. The molecule has 0 amide bonds. The van der Waals surface area contributed by atoms with Crippen LogP contribution in [0.5, 0.6) is 0 Å². The maximum atomic E-state index is 12.4. The van der Waals surface area contributed by atoms with Crippen molar-refractivity contribution in [3.63, 3.8) is 0 Å². The summed E-state index contributed by atoms with van der Waals surface area (Å²) in [4.78, 5) is 13.7. The SMILES string of the molecule is CNc1ccc([N+](=O)[O-])cc1S(=O)(=O)Nc1ccncc1. The standard InChI is InChI=1S/C12H12N4O4S/c1-13-11-3-2-10(16(17)18)8-12(11)21(19,20)15-9-4-6-14-7-5-9/h2-8,13H,1H3,(H,14,15). The Labute approximate surface area is 121 Å². The Morgan fingerprint density at radius 3 is 2.43 bits per heavy atom. The maximum absolute atomic E-state index is 12.4. The molecule has 2 aromatic rings. The molecule has 0 aliphatic heterocycles. The van der Waals surface area contributed by atoms with Gasteiger partial charge in [-0.1, -0.05) is 0 Å². The molecule has 0 saturated heterocycles. The lowest BCUT2D eigenvalue weighted by Crippen LogP contribution is -2.15. The third-order valence-electron chi connectivity index (χ3n) is 2.67. The molecule has 21 heavy (non-hydrogen) atoms. The van der Waals surface area contributed by atoms with Crippen molar-refractivity contribution in [1.82, 2.24) is 4.98 Å². The van der Waals surface area contributed by atoms with Gasteiger partial charge in [0.25, 0.3) is 15.7 Å². The van der Waals surface area contributed by atoms with Gasteiger partial charge in [-0.25, -0.2) is 8.42 Å². The van der Waals surface area contributed by atoms with Gasteiger partial charge in [0, 0.05) is 31.6 Å². The minimum absolute atomic E-state index is 0.198. The molecule has 0 fully saturated rings. The Hall–Kier alpha value is -2.68. The molecule has 1 aromatic heterocycles. The van der Waals surface area contributed by atoms with Crippen LogP contribution in [0.25, 0.3) is 0 Å².